The number of anilines is 3. The fourth-order valence-corrected chi connectivity index (χ4v) is 6.17. The number of hydrogen-bond donors (Lipinski definition) is 4. The molecule has 10 heteroatoms. The highest BCUT2D eigenvalue weighted by molar-refractivity contribution is 7.99. The first-order valence-corrected chi connectivity index (χ1v) is 16.2. The van der Waals surface area contributed by atoms with Gasteiger partial charge in [0.1, 0.15) is 5.75 Å². The van der Waals surface area contributed by atoms with Crippen LogP contribution in [0.5, 0.6) is 5.75 Å². The fraction of sp³-hybridized carbons (Fsp3) is 0.278. The van der Waals surface area contributed by atoms with Crippen LogP contribution in [0.15, 0.2) is 102 Å². The first kappa shape index (κ1) is 33.0. The Bertz CT molecular complexity index is 1600. The standard InChI is InChI=1S/C36H39N3O6S/c1-43-31-9-4-5-10-33(31)46-23-28-21-32(25-15-13-24(22-40)14-16-25)45-36(44-28)26-17-19-27(20-18-26)38-34(41)11-6-12-35(42)39-30-8-3-2-7-29(30)37/h2-5,7-10,13-20,28,32,36,40H,6,11-12,21-23,37H2,1H3,(H,38,41)(H,39,42). The van der Waals surface area contributed by atoms with E-state index in [0.29, 0.717) is 35.7 Å². The van der Waals surface area contributed by atoms with E-state index in [4.69, 9.17) is 19.9 Å². The van der Waals surface area contributed by atoms with E-state index in [2.05, 4.69) is 10.6 Å². The number of hydrogen-bond acceptors (Lipinski definition) is 8. The molecule has 0 aliphatic carbocycles. The molecule has 5 N–H and O–H groups in total. The van der Waals surface area contributed by atoms with E-state index in [1.165, 1.54) is 0 Å². The van der Waals surface area contributed by atoms with E-state index in [-0.39, 0.29) is 43.5 Å². The number of aliphatic hydroxyl groups excluding tert-OH is 1. The van der Waals surface area contributed by atoms with Crippen LogP contribution < -0.4 is 21.1 Å². The fourth-order valence-electron chi connectivity index (χ4n) is 5.12. The Morgan fingerprint density at radius 3 is 2.26 bits per heavy atom. The Morgan fingerprint density at radius 2 is 1.54 bits per heavy atom. The van der Waals surface area contributed by atoms with E-state index in [0.717, 1.165) is 27.3 Å². The predicted molar refractivity (Wildman–Crippen MR) is 181 cm³/mol. The van der Waals surface area contributed by atoms with Crippen molar-refractivity contribution >= 4 is 40.6 Å². The van der Waals surface area contributed by atoms with Crippen molar-refractivity contribution in [2.45, 2.75) is 55.7 Å². The molecule has 5 rings (SSSR count). The number of thioether (sulfide) groups is 1. The molecule has 1 aliphatic heterocycles. The van der Waals surface area contributed by atoms with Gasteiger partial charge in [0, 0.05) is 41.2 Å². The normalized spacial score (nSPS) is 17.7. The molecule has 1 heterocycles. The third-order valence-corrected chi connectivity index (χ3v) is 8.80. The molecule has 46 heavy (non-hydrogen) atoms. The first-order valence-electron chi connectivity index (χ1n) is 15.2. The second-order valence-corrected chi connectivity index (χ2v) is 12.0. The van der Waals surface area contributed by atoms with Crippen molar-refractivity contribution in [1.82, 2.24) is 0 Å². The SMILES string of the molecule is COc1ccccc1SCC1CC(c2ccc(CO)cc2)OC(c2ccc(NC(=O)CCCC(=O)Nc3ccccc3N)cc2)O1. The van der Waals surface area contributed by atoms with Gasteiger partial charge in [-0.1, -0.05) is 60.7 Å². The largest absolute Gasteiger partial charge is 0.496 e. The maximum absolute atomic E-state index is 12.6. The number of nitrogens with one attached hydrogen (secondary N) is 2. The smallest absolute Gasteiger partial charge is 0.224 e. The van der Waals surface area contributed by atoms with Gasteiger partial charge in [-0.25, -0.2) is 0 Å². The highest BCUT2D eigenvalue weighted by Gasteiger charge is 2.32. The molecule has 1 fully saturated rings. The van der Waals surface area contributed by atoms with E-state index in [9.17, 15) is 14.7 Å². The Balaban J connectivity index is 1.18. The van der Waals surface area contributed by atoms with Crippen LogP contribution in [0.3, 0.4) is 0 Å². The van der Waals surface area contributed by atoms with Crippen molar-refractivity contribution in [1.29, 1.82) is 0 Å². The molecular weight excluding hydrogens is 602 g/mol. The predicted octanol–water partition coefficient (Wildman–Crippen LogP) is 6.85. The number of nitrogen functional groups attached to an aromatic ring is 1. The van der Waals surface area contributed by atoms with Gasteiger partial charge in [0.15, 0.2) is 6.29 Å². The summed E-state index contributed by atoms with van der Waals surface area (Å²) in [6.07, 6.45) is 0.564. The molecule has 0 radical (unpaired) electrons. The summed E-state index contributed by atoms with van der Waals surface area (Å²) < 4.78 is 18.4. The van der Waals surface area contributed by atoms with Crippen LogP contribution in [0.2, 0.25) is 0 Å². The average molecular weight is 642 g/mol. The lowest BCUT2D eigenvalue weighted by Gasteiger charge is -2.36. The number of para-hydroxylation sites is 3. The number of rotatable bonds is 13. The monoisotopic (exact) mass is 641 g/mol. The highest BCUT2D eigenvalue weighted by atomic mass is 32.2. The molecule has 240 valence electrons. The number of amides is 2. The van der Waals surface area contributed by atoms with Crippen molar-refractivity contribution in [3.8, 4) is 5.75 Å². The van der Waals surface area contributed by atoms with Gasteiger partial charge in [0.2, 0.25) is 11.8 Å². The summed E-state index contributed by atoms with van der Waals surface area (Å²) in [5.41, 5.74) is 10.3. The zero-order valence-electron chi connectivity index (χ0n) is 25.7. The minimum absolute atomic E-state index is 0.0161. The number of nitrogens with two attached hydrogens (primary N) is 1. The van der Waals surface area contributed by atoms with Crippen LogP contribution >= 0.6 is 11.8 Å². The molecule has 2 amide bonds. The average Bonchev–Trinajstić information content (AvgIpc) is 3.08. The lowest BCUT2D eigenvalue weighted by atomic mass is 10.0. The second-order valence-electron chi connectivity index (χ2n) is 11.0. The van der Waals surface area contributed by atoms with E-state index >= 15 is 0 Å². The Kier molecular flexibility index (Phi) is 11.7. The summed E-state index contributed by atoms with van der Waals surface area (Å²) >= 11 is 1.68. The van der Waals surface area contributed by atoms with Crippen LogP contribution in [0.1, 0.15) is 54.8 Å². The van der Waals surface area contributed by atoms with Gasteiger partial charge in [0.05, 0.1) is 37.3 Å². The summed E-state index contributed by atoms with van der Waals surface area (Å²) in [4.78, 5) is 25.9. The third kappa shape index (κ3) is 9.11. The maximum atomic E-state index is 12.6. The zero-order valence-corrected chi connectivity index (χ0v) is 26.5. The summed E-state index contributed by atoms with van der Waals surface area (Å²) in [6.45, 7) is -0.0161. The van der Waals surface area contributed by atoms with Crippen LogP contribution in [-0.2, 0) is 25.7 Å². The number of aliphatic hydroxyl groups is 1. The van der Waals surface area contributed by atoms with Gasteiger partial charge in [-0.05, 0) is 53.9 Å². The number of benzene rings is 4. The number of carbonyl (C=O) groups is 2. The minimum atomic E-state index is -0.610. The summed E-state index contributed by atoms with van der Waals surface area (Å²) in [5.74, 6) is 1.16. The van der Waals surface area contributed by atoms with Gasteiger partial charge in [-0.15, -0.1) is 11.8 Å². The van der Waals surface area contributed by atoms with E-state index in [1.54, 1.807) is 43.1 Å². The second kappa shape index (κ2) is 16.3. The van der Waals surface area contributed by atoms with Crippen molar-refractivity contribution in [2.75, 3.05) is 29.2 Å². The van der Waals surface area contributed by atoms with E-state index in [1.807, 2.05) is 72.8 Å². The van der Waals surface area contributed by atoms with Gasteiger partial charge < -0.3 is 35.7 Å². The van der Waals surface area contributed by atoms with Crippen LogP contribution in [0.4, 0.5) is 17.1 Å². The van der Waals surface area contributed by atoms with Crippen LogP contribution in [0.25, 0.3) is 0 Å². The van der Waals surface area contributed by atoms with Crippen LogP contribution in [-0.4, -0.2) is 35.9 Å². The molecule has 1 saturated heterocycles. The molecule has 0 aromatic heterocycles. The van der Waals surface area contributed by atoms with Gasteiger partial charge >= 0.3 is 0 Å². The third-order valence-electron chi connectivity index (χ3n) is 7.62. The lowest BCUT2D eigenvalue weighted by molar-refractivity contribution is -0.245. The molecule has 4 aromatic carbocycles. The quantitative estimate of drug-likeness (QED) is 0.0920. The van der Waals surface area contributed by atoms with Crippen molar-refractivity contribution < 1.29 is 28.9 Å². The van der Waals surface area contributed by atoms with E-state index < -0.39 is 6.29 Å². The van der Waals surface area contributed by atoms with Crippen LogP contribution in [0, 0.1) is 0 Å². The van der Waals surface area contributed by atoms with Gasteiger partial charge in [0.25, 0.3) is 0 Å². The van der Waals surface area contributed by atoms with Gasteiger partial charge in [-0.3, -0.25) is 9.59 Å². The van der Waals surface area contributed by atoms with Gasteiger partial charge in [-0.2, -0.15) is 0 Å². The molecule has 1 aliphatic rings. The minimum Gasteiger partial charge on any atom is -0.496 e. The topological polar surface area (TPSA) is 132 Å². The van der Waals surface area contributed by atoms with Crippen molar-refractivity contribution in [3.05, 3.63) is 114 Å². The summed E-state index contributed by atoms with van der Waals surface area (Å²) in [5, 5.41) is 15.2. The Labute approximate surface area is 273 Å². The van der Waals surface area contributed by atoms with Crippen molar-refractivity contribution in [3.63, 3.8) is 0 Å². The molecule has 0 saturated carbocycles. The number of ether oxygens (including phenoxy) is 3. The Morgan fingerprint density at radius 1 is 0.870 bits per heavy atom. The highest BCUT2D eigenvalue weighted by Crippen LogP contribution is 2.40. The maximum Gasteiger partial charge on any atom is 0.224 e. The summed E-state index contributed by atoms with van der Waals surface area (Å²) in [6, 6.07) is 30.2. The molecule has 3 atom stereocenters. The molecule has 4 aromatic rings. The Hall–Kier alpha value is -4.35. The molecular formula is C36H39N3O6S. The zero-order chi connectivity index (χ0) is 32.3. The molecule has 0 bridgehead atoms. The number of methoxy groups -OCH3 is 1. The lowest BCUT2D eigenvalue weighted by Crippen LogP contribution is -2.31. The molecule has 3 unspecified atom stereocenters. The van der Waals surface area contributed by atoms with Crippen molar-refractivity contribution in [2.24, 2.45) is 0 Å². The molecule has 0 spiro atoms. The number of carbonyl (C=O) groups excluding carboxylic acids is 2. The summed E-state index contributed by atoms with van der Waals surface area (Å²) in [7, 11) is 1.67. The first-order chi connectivity index (χ1) is 22.4. The molecule has 9 nitrogen and oxygen atoms in total.